The number of carbonyl (C=O) groups excluding carboxylic acids is 1. The molecule has 3 aliphatic rings. The van der Waals surface area contributed by atoms with Gasteiger partial charge in [-0.1, -0.05) is 24.3 Å². The molecule has 0 aliphatic carbocycles. The summed E-state index contributed by atoms with van der Waals surface area (Å²) in [7, 11) is 0. The summed E-state index contributed by atoms with van der Waals surface area (Å²) >= 11 is 0. The maximum absolute atomic E-state index is 12.4. The smallest absolute Gasteiger partial charge is 0.270 e. The number of benzene rings is 1. The third kappa shape index (κ3) is 4.14. The van der Waals surface area contributed by atoms with Gasteiger partial charge in [0.15, 0.2) is 0 Å². The van der Waals surface area contributed by atoms with Crippen LogP contribution in [0, 0.1) is 0 Å². The molecule has 148 valence electrons. The molecule has 8 nitrogen and oxygen atoms in total. The van der Waals surface area contributed by atoms with Gasteiger partial charge in [-0.3, -0.25) is 14.7 Å². The number of hydrogen-bond acceptors (Lipinski definition) is 7. The third-order valence-electron chi connectivity index (χ3n) is 5.24. The number of hydrogen-bond donors (Lipinski definition) is 3. The number of nitrogens with zero attached hydrogens (tertiary/aromatic N) is 4. The predicted molar refractivity (Wildman–Crippen MR) is 106 cm³/mol. The van der Waals surface area contributed by atoms with E-state index < -0.39 is 6.10 Å². The average molecular weight is 383 g/mol. The molecule has 0 saturated carbocycles. The average Bonchev–Trinajstić information content (AvgIpc) is 3.14. The molecule has 1 aromatic carbocycles. The maximum atomic E-state index is 12.4. The summed E-state index contributed by atoms with van der Waals surface area (Å²) in [5.41, 5.74) is 2.93. The lowest BCUT2D eigenvalue weighted by Crippen LogP contribution is -2.42. The van der Waals surface area contributed by atoms with E-state index in [1.54, 1.807) is 17.3 Å². The summed E-state index contributed by atoms with van der Waals surface area (Å²) in [4.78, 5) is 24.9. The number of aliphatic hydroxyl groups is 2. The molecule has 3 N–H and O–H groups in total. The molecule has 1 unspecified atom stereocenters. The van der Waals surface area contributed by atoms with Crippen LogP contribution < -0.4 is 5.32 Å². The van der Waals surface area contributed by atoms with Crippen molar-refractivity contribution in [2.45, 2.75) is 25.1 Å². The number of β-amino-alcohol motifs (C(OH)–C–C–N with tert-alkyl or cyclic N) is 1. The van der Waals surface area contributed by atoms with Crippen LogP contribution in [0.3, 0.4) is 0 Å². The van der Waals surface area contributed by atoms with Crippen LogP contribution in [0.5, 0.6) is 0 Å². The second-order valence-corrected chi connectivity index (χ2v) is 7.37. The van der Waals surface area contributed by atoms with Crippen LogP contribution in [0.2, 0.25) is 0 Å². The van der Waals surface area contributed by atoms with Crippen molar-refractivity contribution in [1.29, 1.82) is 0 Å². The summed E-state index contributed by atoms with van der Waals surface area (Å²) in [6.07, 6.45) is 3.50. The number of nitrogens with one attached hydrogen (secondary N) is 1. The summed E-state index contributed by atoms with van der Waals surface area (Å²) < 4.78 is 0. The van der Waals surface area contributed by atoms with Crippen LogP contribution in [-0.2, 0) is 17.8 Å². The lowest BCUT2D eigenvalue weighted by Gasteiger charge is -2.30. The fraction of sp³-hybridized carbons (Fsp3) is 0.450. The van der Waals surface area contributed by atoms with Gasteiger partial charge in [-0.15, -0.1) is 0 Å². The van der Waals surface area contributed by atoms with Gasteiger partial charge in [-0.05, 0) is 17.5 Å². The number of carbonyl (C=O) groups is 1. The Morgan fingerprint density at radius 2 is 2.14 bits per heavy atom. The summed E-state index contributed by atoms with van der Waals surface area (Å²) in [6.45, 7) is 2.93. The zero-order chi connectivity index (χ0) is 19.5. The highest BCUT2D eigenvalue weighted by Crippen LogP contribution is 2.18. The highest BCUT2D eigenvalue weighted by Gasteiger charge is 2.26. The van der Waals surface area contributed by atoms with Crippen LogP contribution in [0.1, 0.15) is 11.1 Å². The Morgan fingerprint density at radius 1 is 1.32 bits per heavy atom. The van der Waals surface area contributed by atoms with Crippen LogP contribution in [0.25, 0.3) is 0 Å². The van der Waals surface area contributed by atoms with Crippen molar-refractivity contribution in [3.63, 3.8) is 0 Å². The van der Waals surface area contributed by atoms with Crippen molar-refractivity contribution in [2.24, 2.45) is 9.98 Å². The fourth-order valence-electron chi connectivity index (χ4n) is 3.74. The Kier molecular flexibility index (Phi) is 5.52. The molecular formula is C20H25N5O3. The number of aliphatic imine (C=N–C) groups is 2. The molecule has 0 fully saturated rings. The standard InChI is InChI=1S/C20H25N5O3/c26-12-16-10-25-13-22-18(7-19(25)23-16)20(28)21-8-17(27)11-24-6-5-14-3-1-2-4-15(14)9-24/h1-4,7,13,16-17,26-27H,5-6,8-12H2,(H,21,28)/t16-,17?/m0/s1. The van der Waals surface area contributed by atoms with Crippen molar-refractivity contribution in [2.75, 3.05) is 32.8 Å². The first kappa shape index (κ1) is 18.8. The number of rotatable bonds is 6. The van der Waals surface area contributed by atoms with Gasteiger partial charge in [0.05, 0.1) is 31.6 Å². The van der Waals surface area contributed by atoms with E-state index in [2.05, 4.69) is 38.4 Å². The molecule has 1 aromatic rings. The Balaban J connectivity index is 1.27. The molecule has 0 bridgehead atoms. The van der Waals surface area contributed by atoms with E-state index in [1.807, 2.05) is 6.07 Å². The molecule has 3 aliphatic heterocycles. The van der Waals surface area contributed by atoms with Crippen LogP contribution in [-0.4, -0.2) is 83.0 Å². The predicted octanol–water partition coefficient (Wildman–Crippen LogP) is -0.477. The molecule has 0 spiro atoms. The third-order valence-corrected chi connectivity index (χ3v) is 5.24. The first-order valence-corrected chi connectivity index (χ1v) is 9.59. The van der Waals surface area contributed by atoms with E-state index in [0.717, 1.165) is 19.5 Å². The van der Waals surface area contributed by atoms with Gasteiger partial charge in [-0.25, -0.2) is 4.99 Å². The van der Waals surface area contributed by atoms with Crippen molar-refractivity contribution >= 4 is 18.1 Å². The molecule has 28 heavy (non-hydrogen) atoms. The molecule has 3 heterocycles. The topological polar surface area (TPSA) is 101 Å². The van der Waals surface area contributed by atoms with Crippen LogP contribution >= 0.6 is 0 Å². The first-order valence-electron chi connectivity index (χ1n) is 9.59. The fourth-order valence-corrected chi connectivity index (χ4v) is 3.74. The second kappa shape index (κ2) is 8.22. The normalized spacial score (nSPS) is 22.2. The Morgan fingerprint density at radius 3 is 2.96 bits per heavy atom. The minimum Gasteiger partial charge on any atom is -0.394 e. The van der Waals surface area contributed by atoms with Gasteiger partial charge in [0, 0.05) is 32.3 Å². The number of amidine groups is 1. The van der Waals surface area contributed by atoms with Gasteiger partial charge < -0.3 is 20.4 Å². The van der Waals surface area contributed by atoms with Gasteiger partial charge in [0.2, 0.25) is 0 Å². The van der Waals surface area contributed by atoms with E-state index in [-0.39, 0.29) is 30.8 Å². The Labute approximate surface area is 163 Å². The van der Waals surface area contributed by atoms with E-state index in [4.69, 9.17) is 0 Å². The SMILES string of the molecule is O=C(NCC(O)CN1CCc2ccccc2C1)C1=CC2=N[C@H](CO)CN2C=N1. The molecule has 1 amide bonds. The molecule has 4 rings (SSSR count). The highest BCUT2D eigenvalue weighted by atomic mass is 16.3. The van der Waals surface area contributed by atoms with Gasteiger partial charge in [-0.2, -0.15) is 0 Å². The molecule has 8 heteroatoms. The zero-order valence-electron chi connectivity index (χ0n) is 15.7. The minimum absolute atomic E-state index is 0.0314. The minimum atomic E-state index is -0.651. The Bertz CT molecular complexity index is 835. The van der Waals surface area contributed by atoms with Crippen LogP contribution in [0.4, 0.5) is 0 Å². The van der Waals surface area contributed by atoms with E-state index in [1.165, 1.54) is 11.1 Å². The molecule has 2 atom stereocenters. The number of aliphatic hydroxyl groups excluding tert-OH is 2. The van der Waals surface area contributed by atoms with Gasteiger partial charge >= 0.3 is 0 Å². The highest BCUT2D eigenvalue weighted by molar-refractivity contribution is 6.10. The Hall–Kier alpha value is -2.55. The van der Waals surface area contributed by atoms with Crippen molar-refractivity contribution in [3.8, 4) is 0 Å². The maximum Gasteiger partial charge on any atom is 0.270 e. The van der Waals surface area contributed by atoms with Crippen molar-refractivity contribution in [3.05, 3.63) is 47.2 Å². The number of amides is 1. The molecule has 0 saturated heterocycles. The molecular weight excluding hydrogens is 358 g/mol. The van der Waals surface area contributed by atoms with Gasteiger partial charge in [0.1, 0.15) is 11.5 Å². The van der Waals surface area contributed by atoms with E-state index in [9.17, 15) is 15.0 Å². The largest absolute Gasteiger partial charge is 0.394 e. The van der Waals surface area contributed by atoms with Crippen molar-refractivity contribution < 1.29 is 15.0 Å². The zero-order valence-corrected chi connectivity index (χ0v) is 15.7. The summed E-state index contributed by atoms with van der Waals surface area (Å²) in [5, 5.41) is 22.3. The number of fused-ring (bicyclic) bond motifs is 2. The molecule has 0 radical (unpaired) electrons. The second-order valence-electron chi connectivity index (χ2n) is 7.37. The lowest BCUT2D eigenvalue weighted by molar-refractivity contribution is -0.118. The summed E-state index contributed by atoms with van der Waals surface area (Å²) in [5.74, 6) is 0.292. The molecule has 0 aromatic heterocycles. The monoisotopic (exact) mass is 383 g/mol. The first-order chi connectivity index (χ1) is 13.6. The van der Waals surface area contributed by atoms with Gasteiger partial charge in [0.25, 0.3) is 5.91 Å². The van der Waals surface area contributed by atoms with Crippen LogP contribution in [0.15, 0.2) is 46.0 Å². The quantitative estimate of drug-likeness (QED) is 0.616. The van der Waals surface area contributed by atoms with E-state index >= 15 is 0 Å². The lowest BCUT2D eigenvalue weighted by atomic mass is 10.00. The summed E-state index contributed by atoms with van der Waals surface area (Å²) in [6, 6.07) is 8.19. The van der Waals surface area contributed by atoms with Crippen molar-refractivity contribution in [1.82, 2.24) is 15.1 Å². The van der Waals surface area contributed by atoms with E-state index in [0.29, 0.717) is 18.9 Å².